The molecule has 1 heterocycles. The average Bonchev–Trinajstić information content (AvgIpc) is 2.71. The van der Waals surface area contributed by atoms with Gasteiger partial charge in [0.05, 0.1) is 16.3 Å². The topological polar surface area (TPSA) is 80.3 Å². The van der Waals surface area contributed by atoms with Crippen molar-refractivity contribution < 1.29 is 31.9 Å². The van der Waals surface area contributed by atoms with E-state index in [9.17, 15) is 27.2 Å². The first-order valence-electron chi connectivity index (χ1n) is 8.49. The number of pyridine rings is 1. The molecule has 0 spiro atoms. The van der Waals surface area contributed by atoms with Crippen LogP contribution in [-0.2, 0) is 6.18 Å². The summed E-state index contributed by atoms with van der Waals surface area (Å²) in [6.07, 6.45) is -2.83. The molecule has 0 saturated heterocycles. The molecule has 0 fully saturated rings. The van der Waals surface area contributed by atoms with E-state index in [-0.39, 0.29) is 28.6 Å². The summed E-state index contributed by atoms with van der Waals surface area (Å²) in [5, 5.41) is 3.85. The number of urea groups is 1. The number of hydrogen-bond donors (Lipinski definition) is 2. The van der Waals surface area contributed by atoms with Gasteiger partial charge >= 0.3 is 12.2 Å². The van der Waals surface area contributed by atoms with Crippen molar-refractivity contribution in [3.63, 3.8) is 0 Å². The Kier molecular flexibility index (Phi) is 6.40. The van der Waals surface area contributed by atoms with Crippen LogP contribution in [0.2, 0.25) is 5.02 Å². The normalized spacial score (nSPS) is 11.0. The highest BCUT2D eigenvalue weighted by Gasteiger charge is 2.33. The number of amides is 2. The van der Waals surface area contributed by atoms with Crippen LogP contribution in [0, 0.1) is 5.82 Å². The second-order valence-corrected chi connectivity index (χ2v) is 6.46. The van der Waals surface area contributed by atoms with Crippen molar-refractivity contribution in [1.82, 2.24) is 4.98 Å². The first kappa shape index (κ1) is 22.0. The van der Waals surface area contributed by atoms with Gasteiger partial charge in [-0.1, -0.05) is 11.6 Å². The Morgan fingerprint density at radius 1 is 1.03 bits per heavy atom. The Morgan fingerprint density at radius 3 is 2.45 bits per heavy atom. The monoisotopic (exact) mass is 453 g/mol. The van der Waals surface area contributed by atoms with Crippen molar-refractivity contribution in [2.45, 2.75) is 6.18 Å². The van der Waals surface area contributed by atoms with Crippen LogP contribution in [0.15, 0.2) is 54.7 Å². The summed E-state index contributed by atoms with van der Waals surface area (Å²) in [6.45, 7) is 0. The van der Waals surface area contributed by atoms with E-state index < -0.39 is 28.6 Å². The van der Waals surface area contributed by atoms with Crippen LogP contribution in [0.4, 0.5) is 33.7 Å². The van der Waals surface area contributed by atoms with Gasteiger partial charge in [0.1, 0.15) is 23.0 Å². The smallest absolute Gasteiger partial charge is 0.417 e. The van der Waals surface area contributed by atoms with Crippen LogP contribution in [0.5, 0.6) is 11.5 Å². The lowest BCUT2D eigenvalue weighted by molar-refractivity contribution is -0.137. The highest BCUT2D eigenvalue weighted by atomic mass is 35.5. The van der Waals surface area contributed by atoms with Gasteiger partial charge in [-0.05, 0) is 36.4 Å². The standard InChI is InChI=1S/C20H12ClF4N3O3/c21-16-3-1-11(8-15(16)20(23,24)25)27-19(30)28-18-4-2-13(9-17(18)22)31-14-5-6-26-12(7-14)10-29/h1-10H,(H2,27,28,30). The predicted octanol–water partition coefficient (Wildman–Crippen LogP) is 6.14. The van der Waals surface area contributed by atoms with Crippen molar-refractivity contribution >= 4 is 35.3 Å². The molecular weight excluding hydrogens is 442 g/mol. The molecule has 2 amide bonds. The van der Waals surface area contributed by atoms with Crippen molar-refractivity contribution in [1.29, 1.82) is 0 Å². The fourth-order valence-electron chi connectivity index (χ4n) is 2.46. The number of carbonyl (C=O) groups excluding carboxylic acids is 2. The molecule has 0 aliphatic rings. The van der Waals surface area contributed by atoms with E-state index in [1.165, 1.54) is 36.5 Å². The summed E-state index contributed by atoms with van der Waals surface area (Å²) >= 11 is 5.53. The number of nitrogens with zero attached hydrogens (tertiary/aromatic N) is 1. The summed E-state index contributed by atoms with van der Waals surface area (Å²) in [5.74, 6) is -0.526. The molecular formula is C20H12ClF4N3O3. The van der Waals surface area contributed by atoms with Gasteiger partial charge in [-0.15, -0.1) is 0 Å². The molecule has 6 nitrogen and oxygen atoms in total. The number of carbonyl (C=O) groups is 2. The molecule has 31 heavy (non-hydrogen) atoms. The third kappa shape index (κ3) is 5.70. The summed E-state index contributed by atoms with van der Waals surface area (Å²) in [4.78, 5) is 26.6. The second-order valence-electron chi connectivity index (χ2n) is 6.05. The Hall–Kier alpha value is -3.66. The van der Waals surface area contributed by atoms with Gasteiger partial charge in [-0.25, -0.2) is 9.18 Å². The van der Waals surface area contributed by atoms with Gasteiger partial charge in [0.2, 0.25) is 0 Å². The van der Waals surface area contributed by atoms with E-state index >= 15 is 0 Å². The minimum absolute atomic E-state index is 0.0824. The molecule has 2 N–H and O–H groups in total. The molecule has 0 atom stereocenters. The van der Waals surface area contributed by atoms with Crippen molar-refractivity contribution in [2.24, 2.45) is 0 Å². The number of nitrogens with one attached hydrogen (secondary N) is 2. The average molecular weight is 454 g/mol. The SMILES string of the molecule is O=Cc1cc(Oc2ccc(NC(=O)Nc3ccc(Cl)c(C(F)(F)F)c3)c(F)c2)ccn1. The first-order chi connectivity index (χ1) is 14.7. The Balaban J connectivity index is 1.69. The number of benzene rings is 2. The molecule has 0 bridgehead atoms. The van der Waals surface area contributed by atoms with Crippen LogP contribution in [0.1, 0.15) is 16.1 Å². The molecule has 1 aromatic heterocycles. The Labute approximate surface area is 177 Å². The Bertz CT molecular complexity index is 1140. The highest BCUT2D eigenvalue weighted by molar-refractivity contribution is 6.31. The fourth-order valence-corrected chi connectivity index (χ4v) is 2.68. The lowest BCUT2D eigenvalue weighted by Gasteiger charge is -2.13. The molecule has 160 valence electrons. The maximum absolute atomic E-state index is 14.3. The second kappa shape index (κ2) is 9.00. The summed E-state index contributed by atoms with van der Waals surface area (Å²) in [7, 11) is 0. The molecule has 11 heteroatoms. The number of ether oxygens (including phenoxy) is 1. The molecule has 0 radical (unpaired) electrons. The van der Waals surface area contributed by atoms with E-state index in [0.29, 0.717) is 12.4 Å². The van der Waals surface area contributed by atoms with Gasteiger partial charge in [0, 0.05) is 24.0 Å². The van der Waals surface area contributed by atoms with E-state index in [1.807, 2.05) is 0 Å². The molecule has 0 unspecified atom stereocenters. The quantitative estimate of drug-likeness (QED) is 0.359. The van der Waals surface area contributed by atoms with Gasteiger partial charge in [-0.3, -0.25) is 9.78 Å². The lowest BCUT2D eigenvalue weighted by Crippen LogP contribution is -2.20. The number of hydrogen-bond acceptors (Lipinski definition) is 4. The number of alkyl halides is 3. The lowest BCUT2D eigenvalue weighted by atomic mass is 10.2. The largest absolute Gasteiger partial charge is 0.457 e. The summed E-state index contributed by atoms with van der Waals surface area (Å²) in [6, 6.07) is 8.22. The number of anilines is 2. The number of aldehydes is 1. The molecule has 0 aliphatic carbocycles. The van der Waals surface area contributed by atoms with E-state index in [1.54, 1.807) is 0 Å². The maximum atomic E-state index is 14.3. The summed E-state index contributed by atoms with van der Waals surface area (Å²) < 4.78 is 58.5. The van der Waals surface area contributed by atoms with Gasteiger partial charge in [-0.2, -0.15) is 13.2 Å². The van der Waals surface area contributed by atoms with Crippen LogP contribution < -0.4 is 15.4 Å². The van der Waals surface area contributed by atoms with Gasteiger partial charge in [0.15, 0.2) is 6.29 Å². The van der Waals surface area contributed by atoms with Crippen molar-refractivity contribution in [3.8, 4) is 11.5 Å². The summed E-state index contributed by atoms with van der Waals surface area (Å²) in [5.41, 5.74) is -1.41. The van der Waals surface area contributed by atoms with Gasteiger partial charge in [0.25, 0.3) is 0 Å². The molecule has 0 aliphatic heterocycles. The zero-order chi connectivity index (χ0) is 22.6. The minimum atomic E-state index is -4.70. The van der Waals surface area contributed by atoms with E-state index in [2.05, 4.69) is 15.6 Å². The van der Waals surface area contributed by atoms with Crippen molar-refractivity contribution in [3.05, 3.63) is 76.8 Å². The minimum Gasteiger partial charge on any atom is -0.457 e. The first-order valence-corrected chi connectivity index (χ1v) is 8.87. The highest BCUT2D eigenvalue weighted by Crippen LogP contribution is 2.36. The van der Waals surface area contributed by atoms with E-state index in [0.717, 1.165) is 12.1 Å². The fraction of sp³-hybridized carbons (Fsp3) is 0.0500. The van der Waals surface area contributed by atoms with Gasteiger partial charge < -0.3 is 15.4 Å². The number of halogens is 5. The van der Waals surface area contributed by atoms with Crippen LogP contribution >= 0.6 is 11.6 Å². The molecule has 2 aromatic carbocycles. The van der Waals surface area contributed by atoms with Crippen LogP contribution in [-0.4, -0.2) is 17.3 Å². The molecule has 0 saturated carbocycles. The maximum Gasteiger partial charge on any atom is 0.417 e. The molecule has 3 rings (SSSR count). The van der Waals surface area contributed by atoms with Crippen LogP contribution in [0.3, 0.4) is 0 Å². The third-order valence-corrected chi connectivity index (χ3v) is 4.16. The van der Waals surface area contributed by atoms with Crippen LogP contribution in [0.25, 0.3) is 0 Å². The van der Waals surface area contributed by atoms with Crippen molar-refractivity contribution in [2.75, 3.05) is 10.6 Å². The Morgan fingerprint density at radius 2 is 1.77 bits per heavy atom. The number of aromatic nitrogens is 1. The number of rotatable bonds is 5. The molecule has 3 aromatic rings. The van der Waals surface area contributed by atoms with E-state index in [4.69, 9.17) is 16.3 Å². The zero-order valence-electron chi connectivity index (χ0n) is 15.3. The third-order valence-electron chi connectivity index (χ3n) is 3.83. The predicted molar refractivity (Wildman–Crippen MR) is 105 cm³/mol. The zero-order valence-corrected chi connectivity index (χ0v) is 16.1.